The Labute approximate surface area is 120 Å². The van der Waals surface area contributed by atoms with Crippen LogP contribution in [0.1, 0.15) is 16.7 Å². The molecule has 2 aromatic rings. The molecule has 1 heterocycles. The molecule has 0 atom stereocenters. The fourth-order valence-corrected chi connectivity index (χ4v) is 1.92. The minimum atomic E-state index is -4.35. The molecule has 0 aliphatic carbocycles. The number of hydrogen-bond acceptors (Lipinski definition) is 3. The van der Waals surface area contributed by atoms with E-state index in [0.717, 1.165) is 23.3 Å². The van der Waals surface area contributed by atoms with E-state index in [0.29, 0.717) is 18.1 Å². The Kier molecular flexibility index (Phi) is 4.35. The van der Waals surface area contributed by atoms with Crippen LogP contribution in [0.25, 0.3) is 0 Å². The maximum atomic E-state index is 12.7. The van der Waals surface area contributed by atoms with Gasteiger partial charge in [-0.05, 0) is 30.7 Å². The lowest BCUT2D eigenvalue weighted by Crippen LogP contribution is -2.08. The Morgan fingerprint density at radius 3 is 2.67 bits per heavy atom. The van der Waals surface area contributed by atoms with E-state index < -0.39 is 11.7 Å². The first kappa shape index (κ1) is 15.2. The van der Waals surface area contributed by atoms with Gasteiger partial charge in [-0.15, -0.1) is 0 Å². The number of hydrogen-bond donors (Lipinski definition) is 1. The molecule has 1 aromatic carbocycles. The first-order valence-electron chi connectivity index (χ1n) is 6.31. The van der Waals surface area contributed by atoms with Crippen LogP contribution in [-0.4, -0.2) is 12.1 Å². The minimum absolute atomic E-state index is 0.333. The van der Waals surface area contributed by atoms with Crippen molar-refractivity contribution in [2.75, 3.05) is 12.4 Å². The number of halogens is 3. The first-order valence-corrected chi connectivity index (χ1v) is 6.31. The molecule has 0 saturated carbocycles. The summed E-state index contributed by atoms with van der Waals surface area (Å²) in [7, 11) is 1.50. The van der Waals surface area contributed by atoms with Crippen molar-refractivity contribution in [1.82, 2.24) is 4.98 Å². The number of rotatable bonds is 4. The van der Waals surface area contributed by atoms with Gasteiger partial charge in [0.05, 0.1) is 12.7 Å². The first-order chi connectivity index (χ1) is 9.91. The van der Waals surface area contributed by atoms with Gasteiger partial charge in [0, 0.05) is 24.0 Å². The maximum absolute atomic E-state index is 12.7. The molecule has 1 aromatic heterocycles. The van der Waals surface area contributed by atoms with E-state index in [1.807, 2.05) is 6.07 Å². The predicted octanol–water partition coefficient (Wildman–Crippen LogP) is 4.03. The van der Waals surface area contributed by atoms with E-state index in [2.05, 4.69) is 10.3 Å². The Hall–Kier alpha value is -2.24. The van der Waals surface area contributed by atoms with Crippen molar-refractivity contribution >= 4 is 5.69 Å². The second-order valence-corrected chi connectivity index (χ2v) is 4.55. The smallest absolute Gasteiger partial charge is 0.416 e. The molecule has 0 unspecified atom stereocenters. The number of pyridine rings is 1. The summed E-state index contributed by atoms with van der Waals surface area (Å²) in [5.74, 6) is 0.453. The van der Waals surface area contributed by atoms with E-state index in [4.69, 9.17) is 4.74 Å². The molecule has 0 aliphatic rings. The molecular formula is C15H15F3N2O. The van der Waals surface area contributed by atoms with Gasteiger partial charge in [-0.2, -0.15) is 13.2 Å². The van der Waals surface area contributed by atoms with Crippen LogP contribution in [0.2, 0.25) is 0 Å². The summed E-state index contributed by atoms with van der Waals surface area (Å²) in [4.78, 5) is 4.05. The standard InChI is InChI=1S/C15H15F3N2O/c1-10-5-6-12(15(16,17)18)8-13(10)20-9-11-4-3-7-19-14(11)21-2/h3-8,20H,9H2,1-2H3. The van der Waals surface area contributed by atoms with Crippen molar-refractivity contribution in [1.29, 1.82) is 0 Å². The number of benzene rings is 1. The van der Waals surface area contributed by atoms with Crippen molar-refractivity contribution < 1.29 is 17.9 Å². The Morgan fingerprint density at radius 2 is 2.00 bits per heavy atom. The van der Waals surface area contributed by atoms with E-state index >= 15 is 0 Å². The van der Waals surface area contributed by atoms with Crippen LogP contribution in [-0.2, 0) is 12.7 Å². The van der Waals surface area contributed by atoms with Crippen molar-refractivity contribution in [2.45, 2.75) is 19.6 Å². The average molecular weight is 296 g/mol. The lowest BCUT2D eigenvalue weighted by Gasteiger charge is -2.14. The molecule has 2 rings (SSSR count). The van der Waals surface area contributed by atoms with Crippen LogP contribution in [0.5, 0.6) is 5.88 Å². The second kappa shape index (κ2) is 6.03. The predicted molar refractivity (Wildman–Crippen MR) is 74.3 cm³/mol. The van der Waals surface area contributed by atoms with Gasteiger partial charge in [0.1, 0.15) is 0 Å². The highest BCUT2D eigenvalue weighted by Crippen LogP contribution is 2.32. The Balaban J connectivity index is 2.20. The molecule has 0 saturated heterocycles. The number of nitrogens with one attached hydrogen (secondary N) is 1. The fourth-order valence-electron chi connectivity index (χ4n) is 1.92. The normalized spacial score (nSPS) is 11.3. The molecule has 0 fully saturated rings. The molecule has 6 heteroatoms. The summed E-state index contributed by atoms with van der Waals surface area (Å²) in [6, 6.07) is 7.19. The van der Waals surface area contributed by atoms with Gasteiger partial charge in [-0.3, -0.25) is 0 Å². The summed E-state index contributed by atoms with van der Waals surface area (Å²) in [5, 5.41) is 3.00. The van der Waals surface area contributed by atoms with E-state index in [9.17, 15) is 13.2 Å². The molecular weight excluding hydrogens is 281 g/mol. The molecule has 0 radical (unpaired) electrons. The largest absolute Gasteiger partial charge is 0.481 e. The molecule has 0 aliphatic heterocycles. The highest BCUT2D eigenvalue weighted by molar-refractivity contribution is 5.53. The molecule has 112 valence electrons. The van der Waals surface area contributed by atoms with Gasteiger partial charge >= 0.3 is 6.18 Å². The minimum Gasteiger partial charge on any atom is -0.481 e. The van der Waals surface area contributed by atoms with Crippen LogP contribution in [0.3, 0.4) is 0 Å². The maximum Gasteiger partial charge on any atom is 0.416 e. The lowest BCUT2D eigenvalue weighted by atomic mass is 10.1. The van der Waals surface area contributed by atoms with Gasteiger partial charge in [-0.1, -0.05) is 12.1 Å². The topological polar surface area (TPSA) is 34.1 Å². The summed E-state index contributed by atoms with van der Waals surface area (Å²) < 4.78 is 43.3. The van der Waals surface area contributed by atoms with Crippen LogP contribution in [0, 0.1) is 6.92 Å². The number of ether oxygens (including phenoxy) is 1. The fraction of sp³-hybridized carbons (Fsp3) is 0.267. The van der Waals surface area contributed by atoms with Crippen molar-refractivity contribution in [3.8, 4) is 5.88 Å². The van der Waals surface area contributed by atoms with Crippen LogP contribution in [0.4, 0.5) is 18.9 Å². The third-order valence-corrected chi connectivity index (χ3v) is 3.08. The van der Waals surface area contributed by atoms with E-state index in [1.54, 1.807) is 19.2 Å². The van der Waals surface area contributed by atoms with Gasteiger partial charge < -0.3 is 10.1 Å². The summed E-state index contributed by atoms with van der Waals surface area (Å²) >= 11 is 0. The zero-order valence-corrected chi connectivity index (χ0v) is 11.7. The third-order valence-electron chi connectivity index (χ3n) is 3.08. The Morgan fingerprint density at radius 1 is 1.24 bits per heavy atom. The SMILES string of the molecule is COc1ncccc1CNc1cc(C(F)(F)F)ccc1C. The van der Waals surface area contributed by atoms with Crippen molar-refractivity contribution in [3.05, 3.63) is 53.2 Å². The number of anilines is 1. The number of alkyl halides is 3. The number of methoxy groups -OCH3 is 1. The third kappa shape index (κ3) is 3.65. The molecule has 0 amide bonds. The lowest BCUT2D eigenvalue weighted by molar-refractivity contribution is -0.137. The average Bonchev–Trinajstić information content (AvgIpc) is 2.45. The highest BCUT2D eigenvalue weighted by Gasteiger charge is 2.30. The van der Waals surface area contributed by atoms with Gasteiger partial charge in [-0.25, -0.2) is 4.98 Å². The van der Waals surface area contributed by atoms with Crippen LogP contribution >= 0.6 is 0 Å². The Bertz CT molecular complexity index is 627. The van der Waals surface area contributed by atoms with Crippen LogP contribution < -0.4 is 10.1 Å². The summed E-state index contributed by atoms with van der Waals surface area (Å²) in [6.45, 7) is 2.09. The highest BCUT2D eigenvalue weighted by atomic mass is 19.4. The van der Waals surface area contributed by atoms with Crippen molar-refractivity contribution in [2.24, 2.45) is 0 Å². The monoisotopic (exact) mass is 296 g/mol. The zero-order chi connectivity index (χ0) is 15.5. The van der Waals surface area contributed by atoms with E-state index in [1.165, 1.54) is 13.2 Å². The molecule has 21 heavy (non-hydrogen) atoms. The number of aryl methyl sites for hydroxylation is 1. The number of aromatic nitrogens is 1. The molecule has 0 spiro atoms. The van der Waals surface area contributed by atoms with Crippen LogP contribution in [0.15, 0.2) is 36.5 Å². The van der Waals surface area contributed by atoms with Crippen molar-refractivity contribution in [3.63, 3.8) is 0 Å². The second-order valence-electron chi connectivity index (χ2n) is 4.55. The summed E-state index contributed by atoms with van der Waals surface area (Å²) in [6.07, 6.45) is -2.76. The zero-order valence-electron chi connectivity index (χ0n) is 11.7. The molecule has 3 nitrogen and oxygen atoms in total. The molecule has 0 bridgehead atoms. The number of nitrogens with zero attached hydrogens (tertiary/aromatic N) is 1. The van der Waals surface area contributed by atoms with Gasteiger partial charge in [0.2, 0.25) is 5.88 Å². The van der Waals surface area contributed by atoms with E-state index in [-0.39, 0.29) is 0 Å². The quantitative estimate of drug-likeness (QED) is 0.925. The molecule has 1 N–H and O–H groups in total. The van der Waals surface area contributed by atoms with Gasteiger partial charge in [0.15, 0.2) is 0 Å². The summed E-state index contributed by atoms with van der Waals surface area (Å²) in [5.41, 5.74) is 1.28. The van der Waals surface area contributed by atoms with Gasteiger partial charge in [0.25, 0.3) is 0 Å².